The zero-order chi connectivity index (χ0) is 14.5. The maximum atomic E-state index is 4.48. The van der Waals surface area contributed by atoms with Gasteiger partial charge >= 0.3 is 0 Å². The first-order chi connectivity index (χ1) is 9.61. The molecule has 2 rings (SSSR count). The first kappa shape index (κ1) is 15.2. The van der Waals surface area contributed by atoms with Gasteiger partial charge in [0.05, 0.1) is 11.7 Å². The van der Waals surface area contributed by atoms with E-state index in [-0.39, 0.29) is 6.04 Å². The third-order valence-electron chi connectivity index (χ3n) is 3.55. The Kier molecular flexibility index (Phi) is 5.32. The quantitative estimate of drug-likeness (QED) is 0.873. The lowest BCUT2D eigenvalue weighted by Crippen LogP contribution is -2.20. The summed E-state index contributed by atoms with van der Waals surface area (Å²) in [5.41, 5.74) is 3.77. The number of nitrogens with zero attached hydrogens (tertiary/aromatic N) is 1. The highest BCUT2D eigenvalue weighted by Crippen LogP contribution is 2.24. The van der Waals surface area contributed by atoms with Crippen molar-refractivity contribution in [3.63, 3.8) is 0 Å². The average Bonchev–Trinajstić information content (AvgIpc) is 2.46. The molecule has 0 fully saturated rings. The Morgan fingerprint density at radius 2 is 1.85 bits per heavy atom. The van der Waals surface area contributed by atoms with Gasteiger partial charge in [-0.3, -0.25) is 4.98 Å². The Morgan fingerprint density at radius 3 is 2.40 bits per heavy atom. The van der Waals surface area contributed by atoms with Gasteiger partial charge in [0.2, 0.25) is 0 Å². The summed E-state index contributed by atoms with van der Waals surface area (Å²) < 4.78 is 1.05. The molecule has 1 N–H and O–H groups in total. The van der Waals surface area contributed by atoms with Crippen LogP contribution in [0.5, 0.6) is 0 Å². The van der Waals surface area contributed by atoms with Crippen molar-refractivity contribution in [2.24, 2.45) is 0 Å². The van der Waals surface area contributed by atoms with Crippen molar-refractivity contribution in [2.75, 3.05) is 7.05 Å². The van der Waals surface area contributed by atoms with E-state index in [1.807, 2.05) is 25.4 Å². The number of rotatable bonds is 5. The molecule has 2 aromatic rings. The third kappa shape index (κ3) is 3.68. The fourth-order valence-electron chi connectivity index (χ4n) is 2.26. The number of halogens is 1. The van der Waals surface area contributed by atoms with Gasteiger partial charge in [0.25, 0.3) is 0 Å². The second-order valence-electron chi connectivity index (χ2n) is 5.31. The van der Waals surface area contributed by atoms with E-state index in [2.05, 4.69) is 64.3 Å². The van der Waals surface area contributed by atoms with E-state index in [1.165, 1.54) is 11.1 Å². The molecule has 20 heavy (non-hydrogen) atoms. The molecule has 106 valence electrons. The van der Waals surface area contributed by atoms with Gasteiger partial charge in [-0.15, -0.1) is 0 Å². The van der Waals surface area contributed by atoms with Crippen molar-refractivity contribution in [3.8, 4) is 0 Å². The summed E-state index contributed by atoms with van der Waals surface area (Å²) in [6, 6.07) is 13.1. The monoisotopic (exact) mass is 332 g/mol. The smallest absolute Gasteiger partial charge is 0.0718 e. The Labute approximate surface area is 129 Å². The molecule has 1 aromatic heterocycles. The van der Waals surface area contributed by atoms with Gasteiger partial charge in [-0.05, 0) is 58.6 Å². The van der Waals surface area contributed by atoms with Gasteiger partial charge < -0.3 is 5.32 Å². The van der Waals surface area contributed by atoms with Gasteiger partial charge in [0.1, 0.15) is 0 Å². The van der Waals surface area contributed by atoms with Crippen LogP contribution >= 0.6 is 15.9 Å². The van der Waals surface area contributed by atoms with Crippen LogP contribution in [0.3, 0.4) is 0 Å². The predicted octanol–water partition coefficient (Wildman–Crippen LogP) is 4.47. The van der Waals surface area contributed by atoms with E-state index < -0.39 is 0 Å². The lowest BCUT2D eigenvalue weighted by atomic mass is 9.98. The molecular formula is C17H21BrN2. The molecule has 0 bridgehead atoms. The van der Waals surface area contributed by atoms with Crippen molar-refractivity contribution in [2.45, 2.75) is 32.2 Å². The first-order valence-corrected chi connectivity index (χ1v) is 7.77. The Morgan fingerprint density at radius 1 is 1.15 bits per heavy atom. The fourth-order valence-corrected chi connectivity index (χ4v) is 2.80. The molecule has 0 aliphatic rings. The van der Waals surface area contributed by atoms with Crippen molar-refractivity contribution < 1.29 is 0 Å². The van der Waals surface area contributed by atoms with E-state index in [4.69, 9.17) is 0 Å². The summed E-state index contributed by atoms with van der Waals surface area (Å²) in [6.45, 7) is 4.44. The summed E-state index contributed by atoms with van der Waals surface area (Å²) in [5.74, 6) is 0.578. The summed E-state index contributed by atoms with van der Waals surface area (Å²) in [6.07, 6.45) is 2.77. The molecule has 1 heterocycles. The highest BCUT2D eigenvalue weighted by Gasteiger charge is 2.14. The van der Waals surface area contributed by atoms with E-state index in [1.54, 1.807) is 0 Å². The highest BCUT2D eigenvalue weighted by atomic mass is 79.9. The standard InChI is InChI=1S/C17H21BrN2/c1-12(2)14-8-6-13(7-9-14)11-16(19-3)17-15(18)5-4-10-20-17/h4-10,12,16,19H,11H2,1-3H3. The molecule has 0 saturated carbocycles. The van der Waals surface area contributed by atoms with Crippen LogP contribution in [-0.2, 0) is 6.42 Å². The average molecular weight is 333 g/mol. The molecule has 1 aromatic carbocycles. The van der Waals surface area contributed by atoms with Crippen LogP contribution in [0.25, 0.3) is 0 Å². The molecule has 1 unspecified atom stereocenters. The second kappa shape index (κ2) is 7.00. The van der Waals surface area contributed by atoms with Crippen LogP contribution in [0.2, 0.25) is 0 Å². The van der Waals surface area contributed by atoms with Crippen molar-refractivity contribution in [3.05, 3.63) is 63.9 Å². The van der Waals surface area contributed by atoms with E-state index in [0.717, 1.165) is 16.6 Å². The Bertz CT molecular complexity index is 549. The number of hydrogen-bond donors (Lipinski definition) is 1. The van der Waals surface area contributed by atoms with Crippen LogP contribution in [0.1, 0.15) is 42.6 Å². The number of pyridine rings is 1. The number of aromatic nitrogens is 1. The summed E-state index contributed by atoms with van der Waals surface area (Å²) >= 11 is 3.58. The SMILES string of the molecule is CNC(Cc1ccc(C(C)C)cc1)c1ncccc1Br. The number of hydrogen-bond acceptors (Lipinski definition) is 2. The maximum absolute atomic E-state index is 4.48. The Balaban J connectivity index is 2.16. The van der Waals surface area contributed by atoms with Crippen molar-refractivity contribution in [1.29, 1.82) is 0 Å². The summed E-state index contributed by atoms with van der Waals surface area (Å²) in [7, 11) is 1.98. The minimum atomic E-state index is 0.218. The lowest BCUT2D eigenvalue weighted by Gasteiger charge is -2.17. The topological polar surface area (TPSA) is 24.9 Å². The normalized spacial score (nSPS) is 12.7. The zero-order valence-corrected chi connectivity index (χ0v) is 13.8. The van der Waals surface area contributed by atoms with Crippen LogP contribution in [0, 0.1) is 0 Å². The predicted molar refractivity (Wildman–Crippen MR) is 88.0 cm³/mol. The van der Waals surface area contributed by atoms with Crippen LogP contribution in [0.4, 0.5) is 0 Å². The van der Waals surface area contributed by atoms with Gasteiger partial charge in [-0.2, -0.15) is 0 Å². The van der Waals surface area contributed by atoms with E-state index in [9.17, 15) is 0 Å². The third-order valence-corrected chi connectivity index (χ3v) is 4.22. The number of nitrogens with one attached hydrogen (secondary N) is 1. The van der Waals surface area contributed by atoms with Crippen LogP contribution in [0.15, 0.2) is 47.1 Å². The summed E-state index contributed by atoms with van der Waals surface area (Å²) in [5, 5.41) is 3.35. The van der Waals surface area contributed by atoms with Crippen molar-refractivity contribution in [1.82, 2.24) is 10.3 Å². The zero-order valence-electron chi connectivity index (χ0n) is 12.2. The van der Waals surface area contributed by atoms with E-state index in [0.29, 0.717) is 5.92 Å². The molecular weight excluding hydrogens is 312 g/mol. The van der Waals surface area contributed by atoms with Gasteiger partial charge in [0.15, 0.2) is 0 Å². The van der Waals surface area contributed by atoms with Gasteiger partial charge in [-0.1, -0.05) is 38.1 Å². The lowest BCUT2D eigenvalue weighted by molar-refractivity contribution is 0.573. The number of likely N-dealkylation sites (N-methyl/N-ethyl adjacent to an activating group) is 1. The molecule has 0 aliphatic carbocycles. The molecule has 0 saturated heterocycles. The minimum absolute atomic E-state index is 0.218. The first-order valence-electron chi connectivity index (χ1n) is 6.98. The van der Waals surface area contributed by atoms with E-state index >= 15 is 0 Å². The molecule has 1 atom stereocenters. The summed E-state index contributed by atoms with van der Waals surface area (Å²) in [4.78, 5) is 4.48. The fraction of sp³-hybridized carbons (Fsp3) is 0.353. The van der Waals surface area contributed by atoms with Crippen LogP contribution < -0.4 is 5.32 Å². The molecule has 3 heteroatoms. The molecule has 0 spiro atoms. The second-order valence-corrected chi connectivity index (χ2v) is 6.17. The highest BCUT2D eigenvalue weighted by molar-refractivity contribution is 9.10. The molecule has 0 aliphatic heterocycles. The van der Waals surface area contributed by atoms with Crippen molar-refractivity contribution >= 4 is 15.9 Å². The molecule has 2 nitrogen and oxygen atoms in total. The maximum Gasteiger partial charge on any atom is 0.0718 e. The van der Waals surface area contributed by atoms with Gasteiger partial charge in [0, 0.05) is 10.7 Å². The molecule has 0 radical (unpaired) electrons. The minimum Gasteiger partial charge on any atom is -0.311 e. The molecule has 0 amide bonds. The van der Waals surface area contributed by atoms with Gasteiger partial charge in [-0.25, -0.2) is 0 Å². The Hall–Kier alpha value is -1.19. The number of benzene rings is 1. The largest absolute Gasteiger partial charge is 0.311 e. The van der Waals surface area contributed by atoms with Crippen LogP contribution in [-0.4, -0.2) is 12.0 Å².